The van der Waals surface area contributed by atoms with Crippen LogP contribution in [0.15, 0.2) is 30.3 Å². The van der Waals surface area contributed by atoms with Crippen LogP contribution in [0.25, 0.3) is 0 Å². The Morgan fingerprint density at radius 3 is 2.76 bits per heavy atom. The van der Waals surface area contributed by atoms with Gasteiger partial charge in [-0.05, 0) is 63.5 Å². The highest BCUT2D eigenvalue weighted by Crippen LogP contribution is 2.32. The fraction of sp³-hybridized carbons (Fsp3) is 0.684. The van der Waals surface area contributed by atoms with Crippen LogP contribution in [0, 0.1) is 5.92 Å². The molecule has 2 N–H and O–H groups in total. The third-order valence-corrected chi connectivity index (χ3v) is 5.39. The molecule has 3 rings (SSSR count). The molecule has 116 valence electrons. The quantitative estimate of drug-likeness (QED) is 0.836. The van der Waals surface area contributed by atoms with E-state index in [1.807, 2.05) is 0 Å². The molecule has 2 heteroatoms. The Hall–Kier alpha value is -0.860. The molecule has 0 aromatic heterocycles. The standard InChI is InChI=1S/C19H30N2/c1-15(12-13-16-7-3-2-4-8-16)21-19-10-5-9-17(19)18-11-6-14-20-18/h2-4,7-8,15,17-21H,5-6,9-14H2,1H3. The highest BCUT2D eigenvalue weighted by molar-refractivity contribution is 5.14. The molecule has 4 unspecified atom stereocenters. The molecule has 1 aromatic rings. The summed E-state index contributed by atoms with van der Waals surface area (Å²) in [5.74, 6) is 0.867. The predicted molar refractivity (Wildman–Crippen MR) is 89.5 cm³/mol. The summed E-state index contributed by atoms with van der Waals surface area (Å²) in [4.78, 5) is 0. The van der Waals surface area contributed by atoms with Crippen LogP contribution in [0.5, 0.6) is 0 Å². The number of hydrogen-bond acceptors (Lipinski definition) is 2. The SMILES string of the molecule is CC(CCc1ccccc1)NC1CCCC1C1CCCN1. The number of rotatable bonds is 6. The summed E-state index contributed by atoms with van der Waals surface area (Å²) in [7, 11) is 0. The van der Waals surface area contributed by atoms with Gasteiger partial charge in [0.05, 0.1) is 0 Å². The molecule has 2 nitrogen and oxygen atoms in total. The minimum Gasteiger partial charge on any atom is -0.314 e. The minimum atomic E-state index is 0.622. The van der Waals surface area contributed by atoms with Gasteiger partial charge >= 0.3 is 0 Å². The molecule has 1 saturated carbocycles. The monoisotopic (exact) mass is 286 g/mol. The van der Waals surface area contributed by atoms with Gasteiger partial charge in [0.1, 0.15) is 0 Å². The van der Waals surface area contributed by atoms with Crippen LogP contribution in [0.4, 0.5) is 0 Å². The van der Waals surface area contributed by atoms with Crippen molar-refractivity contribution in [2.75, 3.05) is 6.54 Å². The molecule has 1 aromatic carbocycles. The second-order valence-corrected chi connectivity index (χ2v) is 7.00. The Balaban J connectivity index is 1.46. The summed E-state index contributed by atoms with van der Waals surface area (Å²) in [6.07, 6.45) is 9.39. The van der Waals surface area contributed by atoms with Crippen LogP contribution >= 0.6 is 0 Å². The third kappa shape index (κ3) is 4.08. The summed E-state index contributed by atoms with van der Waals surface area (Å²) >= 11 is 0. The average Bonchev–Trinajstić information content (AvgIpc) is 3.17. The number of benzene rings is 1. The normalized spacial score (nSPS) is 30.6. The Kier molecular flexibility index (Phi) is 5.32. The Labute approximate surface area is 129 Å². The molecule has 4 atom stereocenters. The van der Waals surface area contributed by atoms with Gasteiger partial charge < -0.3 is 10.6 Å². The van der Waals surface area contributed by atoms with Crippen LogP contribution in [0.3, 0.4) is 0 Å². The molecule has 21 heavy (non-hydrogen) atoms. The van der Waals surface area contributed by atoms with Crippen LogP contribution in [0.2, 0.25) is 0 Å². The van der Waals surface area contributed by atoms with Crippen molar-refractivity contribution in [1.82, 2.24) is 10.6 Å². The Bertz CT molecular complexity index is 411. The molecule has 1 saturated heterocycles. The zero-order chi connectivity index (χ0) is 14.5. The fourth-order valence-corrected chi connectivity index (χ4v) is 4.23. The molecular formula is C19H30N2. The van der Waals surface area contributed by atoms with E-state index in [-0.39, 0.29) is 0 Å². The summed E-state index contributed by atoms with van der Waals surface area (Å²) in [6.45, 7) is 3.60. The zero-order valence-corrected chi connectivity index (χ0v) is 13.4. The number of hydrogen-bond donors (Lipinski definition) is 2. The van der Waals surface area contributed by atoms with Crippen molar-refractivity contribution in [2.24, 2.45) is 5.92 Å². The number of nitrogens with one attached hydrogen (secondary N) is 2. The highest BCUT2D eigenvalue weighted by atomic mass is 15.0. The zero-order valence-electron chi connectivity index (χ0n) is 13.4. The fourth-order valence-electron chi connectivity index (χ4n) is 4.23. The van der Waals surface area contributed by atoms with E-state index in [1.165, 1.54) is 57.1 Å². The smallest absolute Gasteiger partial charge is 0.0113 e. The maximum Gasteiger partial charge on any atom is 0.0113 e. The maximum absolute atomic E-state index is 3.94. The molecular weight excluding hydrogens is 256 g/mol. The Morgan fingerprint density at radius 1 is 1.14 bits per heavy atom. The molecule has 0 bridgehead atoms. The van der Waals surface area contributed by atoms with E-state index in [0.29, 0.717) is 6.04 Å². The molecule has 0 amide bonds. The molecule has 1 aliphatic heterocycles. The van der Waals surface area contributed by atoms with Crippen LogP contribution in [0.1, 0.15) is 51.0 Å². The van der Waals surface area contributed by atoms with Crippen molar-refractivity contribution in [3.8, 4) is 0 Å². The van der Waals surface area contributed by atoms with Gasteiger partial charge in [-0.1, -0.05) is 36.8 Å². The molecule has 2 aliphatic rings. The molecule has 1 aliphatic carbocycles. The van der Waals surface area contributed by atoms with E-state index < -0.39 is 0 Å². The summed E-state index contributed by atoms with van der Waals surface area (Å²) < 4.78 is 0. The molecule has 2 fully saturated rings. The summed E-state index contributed by atoms with van der Waals surface area (Å²) in [5.41, 5.74) is 1.46. The van der Waals surface area contributed by atoms with Gasteiger partial charge in [0.15, 0.2) is 0 Å². The van der Waals surface area contributed by atoms with Gasteiger partial charge in [-0.15, -0.1) is 0 Å². The first-order valence-electron chi connectivity index (χ1n) is 8.86. The summed E-state index contributed by atoms with van der Waals surface area (Å²) in [5, 5.41) is 7.66. The van der Waals surface area contributed by atoms with Crippen molar-refractivity contribution in [3.63, 3.8) is 0 Å². The van der Waals surface area contributed by atoms with E-state index >= 15 is 0 Å². The minimum absolute atomic E-state index is 0.622. The van der Waals surface area contributed by atoms with Crippen LogP contribution in [-0.2, 0) is 6.42 Å². The first-order valence-corrected chi connectivity index (χ1v) is 8.86. The Morgan fingerprint density at radius 2 is 2.00 bits per heavy atom. The van der Waals surface area contributed by atoms with E-state index in [0.717, 1.165) is 18.0 Å². The van der Waals surface area contributed by atoms with E-state index in [2.05, 4.69) is 47.9 Å². The number of aryl methyl sites for hydroxylation is 1. The van der Waals surface area contributed by atoms with Gasteiger partial charge in [-0.25, -0.2) is 0 Å². The first kappa shape index (κ1) is 15.1. The van der Waals surface area contributed by atoms with Crippen molar-refractivity contribution < 1.29 is 0 Å². The lowest BCUT2D eigenvalue weighted by Gasteiger charge is -2.29. The topological polar surface area (TPSA) is 24.1 Å². The second-order valence-electron chi connectivity index (χ2n) is 7.00. The lowest BCUT2D eigenvalue weighted by molar-refractivity contribution is 0.297. The highest BCUT2D eigenvalue weighted by Gasteiger charge is 2.35. The molecule has 0 spiro atoms. The van der Waals surface area contributed by atoms with Crippen molar-refractivity contribution in [2.45, 2.75) is 70.0 Å². The first-order chi connectivity index (χ1) is 10.3. The second kappa shape index (κ2) is 7.42. The van der Waals surface area contributed by atoms with Crippen LogP contribution < -0.4 is 10.6 Å². The molecule has 0 radical (unpaired) electrons. The van der Waals surface area contributed by atoms with E-state index in [9.17, 15) is 0 Å². The third-order valence-electron chi connectivity index (χ3n) is 5.39. The average molecular weight is 286 g/mol. The molecule has 1 heterocycles. The van der Waals surface area contributed by atoms with Gasteiger partial charge in [0, 0.05) is 18.1 Å². The van der Waals surface area contributed by atoms with Crippen molar-refractivity contribution in [3.05, 3.63) is 35.9 Å². The van der Waals surface area contributed by atoms with Crippen LogP contribution in [-0.4, -0.2) is 24.7 Å². The van der Waals surface area contributed by atoms with Crippen molar-refractivity contribution in [1.29, 1.82) is 0 Å². The van der Waals surface area contributed by atoms with E-state index in [1.54, 1.807) is 0 Å². The lowest BCUT2D eigenvalue weighted by Crippen LogP contribution is -2.45. The van der Waals surface area contributed by atoms with Gasteiger partial charge in [0.2, 0.25) is 0 Å². The van der Waals surface area contributed by atoms with Crippen molar-refractivity contribution >= 4 is 0 Å². The largest absolute Gasteiger partial charge is 0.314 e. The van der Waals surface area contributed by atoms with Gasteiger partial charge in [0.25, 0.3) is 0 Å². The van der Waals surface area contributed by atoms with Gasteiger partial charge in [-0.3, -0.25) is 0 Å². The predicted octanol–water partition coefficient (Wildman–Crippen LogP) is 3.52. The van der Waals surface area contributed by atoms with Gasteiger partial charge in [-0.2, -0.15) is 0 Å². The maximum atomic E-state index is 3.94. The summed E-state index contributed by atoms with van der Waals surface area (Å²) in [6, 6.07) is 13.0. The van der Waals surface area contributed by atoms with E-state index in [4.69, 9.17) is 0 Å². The lowest BCUT2D eigenvalue weighted by atomic mass is 9.92.